The lowest BCUT2D eigenvalue weighted by Gasteiger charge is -1.99. The average molecular weight is 263 g/mol. The molecule has 100 valence electrons. The molecule has 0 bridgehead atoms. The van der Waals surface area contributed by atoms with Gasteiger partial charge < -0.3 is 10.1 Å². The number of likely N-dealkylation sites (N-methyl/N-ethyl adjacent to an activating group) is 1. The van der Waals surface area contributed by atoms with Gasteiger partial charge in [0.15, 0.2) is 0 Å². The van der Waals surface area contributed by atoms with Crippen molar-refractivity contribution in [2.45, 2.75) is 0 Å². The summed E-state index contributed by atoms with van der Waals surface area (Å²) in [6.45, 7) is 0. The maximum absolute atomic E-state index is 11.2. The molecule has 2 N–H and O–H groups in total. The van der Waals surface area contributed by atoms with E-state index in [0.29, 0.717) is 11.1 Å². The first kappa shape index (κ1) is 14.4. The summed E-state index contributed by atoms with van der Waals surface area (Å²) in [4.78, 5) is 33.1. The number of ether oxygens (including phenoxy) is 1. The lowest BCUT2D eigenvalue weighted by molar-refractivity contribution is -0.138. The molecule has 0 saturated carbocycles. The van der Waals surface area contributed by atoms with E-state index in [-0.39, 0.29) is 0 Å². The van der Waals surface area contributed by atoms with E-state index < -0.39 is 17.8 Å². The van der Waals surface area contributed by atoms with E-state index >= 15 is 0 Å². The first-order chi connectivity index (χ1) is 9.08. The molecule has 2 amide bonds. The lowest BCUT2D eigenvalue weighted by atomic mass is 10.1. The Morgan fingerprint density at radius 2 is 1.79 bits per heavy atom. The number of esters is 1. The molecule has 0 aliphatic rings. The van der Waals surface area contributed by atoms with Gasteiger partial charge in [-0.3, -0.25) is 9.59 Å². The van der Waals surface area contributed by atoms with Gasteiger partial charge in [0, 0.05) is 7.05 Å². The number of hydrogen-bond acceptors (Lipinski definition) is 5. The number of methoxy groups -OCH3 is 1. The van der Waals surface area contributed by atoms with Crippen molar-refractivity contribution in [2.24, 2.45) is 5.10 Å². The lowest BCUT2D eigenvalue weighted by Crippen LogP contribution is -2.35. The van der Waals surface area contributed by atoms with Gasteiger partial charge in [0.1, 0.15) is 0 Å². The minimum absolute atomic E-state index is 0.411. The van der Waals surface area contributed by atoms with E-state index in [0.717, 1.165) is 0 Å². The van der Waals surface area contributed by atoms with Crippen LogP contribution in [0.2, 0.25) is 0 Å². The fourth-order valence-corrected chi connectivity index (χ4v) is 1.15. The Hall–Kier alpha value is -2.70. The van der Waals surface area contributed by atoms with Crippen LogP contribution >= 0.6 is 0 Å². The highest BCUT2D eigenvalue weighted by molar-refractivity contribution is 6.34. The predicted molar refractivity (Wildman–Crippen MR) is 67.6 cm³/mol. The number of hydrazone groups is 1. The zero-order valence-electron chi connectivity index (χ0n) is 10.5. The number of benzene rings is 1. The van der Waals surface area contributed by atoms with Crippen molar-refractivity contribution in [3.63, 3.8) is 0 Å². The highest BCUT2D eigenvalue weighted by Crippen LogP contribution is 2.03. The van der Waals surface area contributed by atoms with Crippen LogP contribution in [0, 0.1) is 0 Å². The largest absolute Gasteiger partial charge is 0.465 e. The predicted octanol–water partition coefficient (Wildman–Crippen LogP) is -0.331. The highest BCUT2D eigenvalue weighted by Gasteiger charge is 2.08. The van der Waals surface area contributed by atoms with E-state index in [1.165, 1.54) is 20.4 Å². The monoisotopic (exact) mass is 263 g/mol. The molecule has 1 aromatic carbocycles. The second kappa shape index (κ2) is 6.90. The van der Waals surface area contributed by atoms with Crippen molar-refractivity contribution in [2.75, 3.05) is 14.2 Å². The van der Waals surface area contributed by atoms with E-state index in [2.05, 4.69) is 20.6 Å². The van der Waals surface area contributed by atoms with Crippen LogP contribution in [0.1, 0.15) is 15.9 Å². The van der Waals surface area contributed by atoms with Crippen LogP contribution in [0.15, 0.2) is 29.4 Å². The van der Waals surface area contributed by atoms with Gasteiger partial charge in [-0.2, -0.15) is 5.10 Å². The second-order valence-electron chi connectivity index (χ2n) is 3.39. The molecule has 1 aromatic rings. The summed E-state index contributed by atoms with van der Waals surface area (Å²) >= 11 is 0. The summed E-state index contributed by atoms with van der Waals surface area (Å²) in [5.41, 5.74) is 3.13. The number of amides is 2. The van der Waals surface area contributed by atoms with Crippen LogP contribution in [0.3, 0.4) is 0 Å². The van der Waals surface area contributed by atoms with Gasteiger partial charge in [0.2, 0.25) is 0 Å². The smallest absolute Gasteiger partial charge is 0.337 e. The van der Waals surface area contributed by atoms with Gasteiger partial charge >= 0.3 is 17.8 Å². The van der Waals surface area contributed by atoms with Crippen molar-refractivity contribution in [3.8, 4) is 0 Å². The van der Waals surface area contributed by atoms with Crippen molar-refractivity contribution < 1.29 is 19.1 Å². The fourth-order valence-electron chi connectivity index (χ4n) is 1.15. The average Bonchev–Trinajstić information content (AvgIpc) is 2.46. The van der Waals surface area contributed by atoms with Crippen LogP contribution in [0.4, 0.5) is 0 Å². The number of carbonyl (C=O) groups is 3. The molecule has 0 aliphatic heterocycles. The topological polar surface area (TPSA) is 96.9 Å². The molecule has 0 heterocycles. The Balaban J connectivity index is 2.61. The first-order valence-electron chi connectivity index (χ1n) is 5.32. The minimum atomic E-state index is -0.857. The summed E-state index contributed by atoms with van der Waals surface area (Å²) in [5.74, 6) is -2.07. The molecule has 0 atom stereocenters. The van der Waals surface area contributed by atoms with Gasteiger partial charge in [0.05, 0.1) is 18.9 Å². The Morgan fingerprint density at radius 3 is 2.32 bits per heavy atom. The van der Waals surface area contributed by atoms with Crippen molar-refractivity contribution in [3.05, 3.63) is 35.4 Å². The molecule has 0 aliphatic carbocycles. The van der Waals surface area contributed by atoms with Crippen molar-refractivity contribution >= 4 is 24.0 Å². The summed E-state index contributed by atoms with van der Waals surface area (Å²) in [6, 6.07) is 6.38. The third-order valence-electron chi connectivity index (χ3n) is 2.14. The quantitative estimate of drug-likeness (QED) is 0.338. The minimum Gasteiger partial charge on any atom is -0.465 e. The molecule has 0 unspecified atom stereocenters. The molecule has 7 nitrogen and oxygen atoms in total. The molecule has 0 radical (unpaired) electrons. The van der Waals surface area contributed by atoms with E-state index in [9.17, 15) is 14.4 Å². The summed E-state index contributed by atoms with van der Waals surface area (Å²) in [5, 5.41) is 5.77. The number of nitrogens with one attached hydrogen (secondary N) is 2. The molecule has 0 saturated heterocycles. The van der Waals surface area contributed by atoms with Crippen LogP contribution in [0.5, 0.6) is 0 Å². The number of rotatable bonds is 3. The zero-order valence-corrected chi connectivity index (χ0v) is 10.5. The van der Waals surface area contributed by atoms with Crippen LogP contribution in [-0.4, -0.2) is 38.2 Å². The van der Waals surface area contributed by atoms with Gasteiger partial charge in [-0.1, -0.05) is 12.1 Å². The van der Waals surface area contributed by atoms with E-state index in [1.54, 1.807) is 24.3 Å². The fraction of sp³-hybridized carbons (Fsp3) is 0.167. The van der Waals surface area contributed by atoms with Gasteiger partial charge in [-0.05, 0) is 17.7 Å². The molecule has 0 fully saturated rings. The van der Waals surface area contributed by atoms with Crippen LogP contribution in [-0.2, 0) is 14.3 Å². The Bertz CT molecular complexity index is 508. The molecule has 7 heteroatoms. The number of hydrogen-bond donors (Lipinski definition) is 2. The Labute approximate surface area is 109 Å². The van der Waals surface area contributed by atoms with Crippen LogP contribution < -0.4 is 10.7 Å². The summed E-state index contributed by atoms with van der Waals surface area (Å²) in [7, 11) is 2.64. The van der Waals surface area contributed by atoms with Crippen molar-refractivity contribution in [1.82, 2.24) is 10.7 Å². The van der Waals surface area contributed by atoms with Gasteiger partial charge in [-0.15, -0.1) is 0 Å². The zero-order chi connectivity index (χ0) is 14.3. The molecule has 0 aromatic heterocycles. The Morgan fingerprint density at radius 1 is 1.16 bits per heavy atom. The standard InChI is InChI=1S/C12H13N3O4/c1-13-10(16)11(17)15-14-7-8-3-5-9(6-4-8)12(18)19-2/h3-7H,1-2H3,(H,13,16)(H,15,17)/b14-7+. The second-order valence-corrected chi connectivity index (χ2v) is 3.39. The maximum atomic E-state index is 11.2. The molecular formula is C12H13N3O4. The van der Waals surface area contributed by atoms with Gasteiger partial charge in [0.25, 0.3) is 0 Å². The first-order valence-corrected chi connectivity index (χ1v) is 5.32. The number of carbonyl (C=O) groups excluding carboxylic acids is 3. The maximum Gasteiger partial charge on any atom is 0.337 e. The Kier molecular flexibility index (Phi) is 5.21. The normalized spacial score (nSPS) is 10.0. The van der Waals surface area contributed by atoms with Crippen LogP contribution in [0.25, 0.3) is 0 Å². The third-order valence-corrected chi connectivity index (χ3v) is 2.14. The third kappa shape index (κ3) is 4.23. The summed E-state index contributed by atoms with van der Waals surface area (Å²) in [6.07, 6.45) is 1.35. The SMILES string of the molecule is CNC(=O)C(=O)N/N=C/c1ccc(C(=O)OC)cc1. The molecule has 0 spiro atoms. The van der Waals surface area contributed by atoms with E-state index in [1.807, 2.05) is 0 Å². The van der Waals surface area contributed by atoms with E-state index in [4.69, 9.17) is 0 Å². The molecule has 1 rings (SSSR count). The molecular weight excluding hydrogens is 250 g/mol. The molecule has 19 heavy (non-hydrogen) atoms. The summed E-state index contributed by atoms with van der Waals surface area (Å²) < 4.78 is 4.55. The number of nitrogens with zero attached hydrogens (tertiary/aromatic N) is 1. The van der Waals surface area contributed by atoms with Crippen molar-refractivity contribution in [1.29, 1.82) is 0 Å². The highest BCUT2D eigenvalue weighted by atomic mass is 16.5. The van der Waals surface area contributed by atoms with Gasteiger partial charge in [-0.25, -0.2) is 10.2 Å².